The van der Waals surface area contributed by atoms with Gasteiger partial charge in [0.1, 0.15) is 5.75 Å². The van der Waals surface area contributed by atoms with Crippen molar-refractivity contribution in [3.05, 3.63) is 72.2 Å². The van der Waals surface area contributed by atoms with E-state index in [0.717, 1.165) is 6.07 Å². The van der Waals surface area contributed by atoms with E-state index in [0.29, 0.717) is 6.07 Å². The molecule has 1 heterocycles. The quantitative estimate of drug-likeness (QED) is 0.395. The normalized spacial score (nSPS) is 11.2. The predicted octanol–water partition coefficient (Wildman–Crippen LogP) is 5.20. The van der Waals surface area contributed by atoms with Crippen LogP contribution < -0.4 is 20.7 Å². The zero-order chi connectivity index (χ0) is 24.0. The van der Waals surface area contributed by atoms with E-state index in [1.165, 1.54) is 48.7 Å². The standard InChI is InChI=1S/C21H16F5N3O4/c22-20(23)33-16-5-2-1-4-15(16)29-18(30)11-27-14-8-7-12(10-13(14)21(24,25)26)28-19(31)17-6-3-9-32-17/h1-10,20,27H,11H2,(H,28,31)(H,29,30). The molecule has 12 heteroatoms. The number of para-hydroxylation sites is 2. The van der Waals surface area contributed by atoms with E-state index in [1.807, 2.05) is 0 Å². The molecular weight excluding hydrogens is 453 g/mol. The predicted molar refractivity (Wildman–Crippen MR) is 108 cm³/mol. The number of carbonyl (C=O) groups excluding carboxylic acids is 2. The summed E-state index contributed by atoms with van der Waals surface area (Å²) in [6.45, 7) is -3.73. The minimum Gasteiger partial charge on any atom is -0.459 e. The molecule has 0 fully saturated rings. The maximum atomic E-state index is 13.5. The summed E-state index contributed by atoms with van der Waals surface area (Å²) in [5.74, 6) is -1.92. The van der Waals surface area contributed by atoms with E-state index >= 15 is 0 Å². The third-order valence-electron chi connectivity index (χ3n) is 4.14. The lowest BCUT2D eigenvalue weighted by molar-refractivity contribution is -0.137. The summed E-state index contributed by atoms with van der Waals surface area (Å²) >= 11 is 0. The zero-order valence-corrected chi connectivity index (χ0v) is 16.6. The summed E-state index contributed by atoms with van der Waals surface area (Å²) in [5, 5.41) is 6.93. The summed E-state index contributed by atoms with van der Waals surface area (Å²) in [5.41, 5.74) is -1.77. The number of rotatable bonds is 8. The first kappa shape index (κ1) is 23.6. The molecule has 1 aromatic heterocycles. The second kappa shape index (κ2) is 10.0. The molecule has 0 saturated heterocycles. The zero-order valence-electron chi connectivity index (χ0n) is 16.6. The smallest absolute Gasteiger partial charge is 0.418 e. The Bertz CT molecular complexity index is 1120. The van der Waals surface area contributed by atoms with Crippen molar-refractivity contribution < 1.29 is 40.7 Å². The van der Waals surface area contributed by atoms with Crippen molar-refractivity contribution in [3.63, 3.8) is 0 Å². The monoisotopic (exact) mass is 469 g/mol. The molecule has 33 heavy (non-hydrogen) atoms. The number of benzene rings is 2. The molecule has 0 radical (unpaired) electrons. The van der Waals surface area contributed by atoms with E-state index in [2.05, 4.69) is 20.7 Å². The van der Waals surface area contributed by atoms with Crippen LogP contribution in [0, 0.1) is 0 Å². The van der Waals surface area contributed by atoms with Crippen molar-refractivity contribution >= 4 is 28.9 Å². The molecule has 0 saturated carbocycles. The highest BCUT2D eigenvalue weighted by molar-refractivity contribution is 6.02. The average Bonchev–Trinajstić information content (AvgIpc) is 3.28. The average molecular weight is 469 g/mol. The van der Waals surface area contributed by atoms with E-state index in [1.54, 1.807) is 0 Å². The van der Waals surface area contributed by atoms with E-state index < -0.39 is 42.4 Å². The van der Waals surface area contributed by atoms with Crippen LogP contribution in [0.25, 0.3) is 0 Å². The summed E-state index contributed by atoms with van der Waals surface area (Å²) < 4.78 is 74.7. The van der Waals surface area contributed by atoms with Gasteiger partial charge in [-0.05, 0) is 42.5 Å². The SMILES string of the molecule is O=C(CNc1ccc(NC(=O)c2ccco2)cc1C(F)(F)F)Nc1ccccc1OC(F)F. The van der Waals surface area contributed by atoms with Gasteiger partial charge in [0.25, 0.3) is 5.91 Å². The van der Waals surface area contributed by atoms with E-state index in [9.17, 15) is 31.5 Å². The van der Waals surface area contributed by atoms with Crippen molar-refractivity contribution in [1.29, 1.82) is 0 Å². The van der Waals surface area contributed by atoms with Crippen LogP contribution in [0.5, 0.6) is 5.75 Å². The molecule has 0 aliphatic carbocycles. The Balaban J connectivity index is 1.70. The van der Waals surface area contributed by atoms with Crippen molar-refractivity contribution in [1.82, 2.24) is 0 Å². The molecule has 3 rings (SSSR count). The molecule has 0 aliphatic heterocycles. The molecule has 3 N–H and O–H groups in total. The third kappa shape index (κ3) is 6.45. The number of halogens is 5. The Morgan fingerprint density at radius 3 is 2.39 bits per heavy atom. The van der Waals surface area contributed by atoms with Gasteiger partial charge in [-0.3, -0.25) is 9.59 Å². The Kier molecular flexibility index (Phi) is 7.16. The number of hydrogen-bond acceptors (Lipinski definition) is 5. The highest BCUT2D eigenvalue weighted by Crippen LogP contribution is 2.36. The van der Waals surface area contributed by atoms with Crippen LogP contribution in [0.15, 0.2) is 65.3 Å². The molecule has 7 nitrogen and oxygen atoms in total. The largest absolute Gasteiger partial charge is 0.459 e. The number of anilines is 3. The minimum atomic E-state index is -4.80. The minimum absolute atomic E-state index is 0.0726. The van der Waals surface area contributed by atoms with Gasteiger partial charge in [0.05, 0.1) is 24.1 Å². The molecule has 0 aliphatic rings. The van der Waals surface area contributed by atoms with Crippen LogP contribution in [-0.4, -0.2) is 25.0 Å². The van der Waals surface area contributed by atoms with Gasteiger partial charge < -0.3 is 25.1 Å². The molecular formula is C21H16F5N3O4. The van der Waals surface area contributed by atoms with Gasteiger partial charge in [-0.2, -0.15) is 22.0 Å². The summed E-state index contributed by atoms with van der Waals surface area (Å²) in [7, 11) is 0. The summed E-state index contributed by atoms with van der Waals surface area (Å²) in [6, 6.07) is 11.1. The van der Waals surface area contributed by atoms with E-state index in [-0.39, 0.29) is 22.9 Å². The topological polar surface area (TPSA) is 92.6 Å². The van der Waals surface area contributed by atoms with Crippen LogP contribution in [-0.2, 0) is 11.0 Å². The van der Waals surface area contributed by atoms with Crippen LogP contribution in [0.3, 0.4) is 0 Å². The lowest BCUT2D eigenvalue weighted by Crippen LogP contribution is -2.23. The molecule has 0 unspecified atom stereocenters. The number of ether oxygens (including phenoxy) is 1. The fourth-order valence-corrected chi connectivity index (χ4v) is 2.75. The first-order valence-corrected chi connectivity index (χ1v) is 9.27. The number of hydrogen-bond donors (Lipinski definition) is 3. The van der Waals surface area contributed by atoms with Gasteiger partial charge in [0.15, 0.2) is 5.76 Å². The van der Waals surface area contributed by atoms with Gasteiger partial charge in [0, 0.05) is 11.4 Å². The van der Waals surface area contributed by atoms with Crippen LogP contribution in [0.4, 0.5) is 39.0 Å². The highest BCUT2D eigenvalue weighted by Gasteiger charge is 2.34. The number of amides is 2. The van der Waals surface area contributed by atoms with Crippen LogP contribution in [0.2, 0.25) is 0 Å². The first-order chi connectivity index (χ1) is 15.6. The molecule has 0 bridgehead atoms. The van der Waals surface area contributed by atoms with Crippen molar-refractivity contribution in [2.24, 2.45) is 0 Å². The van der Waals surface area contributed by atoms with Gasteiger partial charge in [-0.25, -0.2) is 0 Å². The Morgan fingerprint density at radius 2 is 1.73 bits per heavy atom. The molecule has 0 spiro atoms. The van der Waals surface area contributed by atoms with Crippen LogP contribution >= 0.6 is 0 Å². The fourth-order valence-electron chi connectivity index (χ4n) is 2.75. The summed E-state index contributed by atoms with van der Waals surface area (Å²) in [4.78, 5) is 24.2. The third-order valence-corrected chi connectivity index (χ3v) is 4.14. The highest BCUT2D eigenvalue weighted by atomic mass is 19.4. The Morgan fingerprint density at radius 1 is 0.970 bits per heavy atom. The number of nitrogens with one attached hydrogen (secondary N) is 3. The summed E-state index contributed by atoms with van der Waals surface area (Å²) in [6.07, 6.45) is -3.56. The second-order valence-corrected chi connectivity index (χ2v) is 6.47. The molecule has 174 valence electrons. The Labute approximate surface area is 183 Å². The lowest BCUT2D eigenvalue weighted by Gasteiger charge is -2.17. The maximum absolute atomic E-state index is 13.5. The second-order valence-electron chi connectivity index (χ2n) is 6.47. The van der Waals surface area contributed by atoms with Gasteiger partial charge in [-0.15, -0.1) is 0 Å². The lowest BCUT2D eigenvalue weighted by atomic mass is 10.1. The van der Waals surface area contributed by atoms with Gasteiger partial charge in [0.2, 0.25) is 5.91 Å². The van der Waals surface area contributed by atoms with Gasteiger partial charge in [-0.1, -0.05) is 12.1 Å². The first-order valence-electron chi connectivity index (χ1n) is 9.27. The van der Waals surface area contributed by atoms with Gasteiger partial charge >= 0.3 is 12.8 Å². The number of alkyl halides is 5. The van der Waals surface area contributed by atoms with Crippen molar-refractivity contribution in [3.8, 4) is 5.75 Å². The molecule has 2 amide bonds. The number of carbonyl (C=O) groups is 2. The van der Waals surface area contributed by atoms with Crippen LogP contribution in [0.1, 0.15) is 16.1 Å². The molecule has 2 aromatic carbocycles. The Hall–Kier alpha value is -4.09. The maximum Gasteiger partial charge on any atom is 0.418 e. The fraction of sp³-hybridized carbons (Fsp3) is 0.143. The molecule has 3 aromatic rings. The van der Waals surface area contributed by atoms with Crippen molar-refractivity contribution in [2.75, 3.05) is 22.5 Å². The van der Waals surface area contributed by atoms with Crippen molar-refractivity contribution in [2.45, 2.75) is 12.8 Å². The number of furan rings is 1. The van der Waals surface area contributed by atoms with E-state index in [4.69, 9.17) is 4.42 Å². The molecule has 0 atom stereocenters.